The fraction of sp³-hybridized carbons (Fsp3) is 0.917. The minimum Gasteiger partial charge on any atom is -0.343 e. The Morgan fingerprint density at radius 3 is 2.73 bits per heavy atom. The van der Waals surface area contributed by atoms with Gasteiger partial charge in [0.25, 0.3) is 0 Å². The predicted octanol–water partition coefficient (Wildman–Crippen LogP) is 1.62. The molecule has 1 rings (SSSR count). The standard InChI is InChI=1S/C12H24N2O/c1-10(2)11-4-3-8-14(9-6-11)12(15)5-7-13/h10-11H,3-9,13H2,1-2H3. The second-order valence-corrected chi connectivity index (χ2v) is 4.85. The highest BCUT2D eigenvalue weighted by Crippen LogP contribution is 2.24. The van der Waals surface area contributed by atoms with E-state index < -0.39 is 0 Å². The molecule has 1 aliphatic rings. The minimum absolute atomic E-state index is 0.238. The summed E-state index contributed by atoms with van der Waals surface area (Å²) in [5, 5.41) is 0. The van der Waals surface area contributed by atoms with E-state index in [9.17, 15) is 4.79 Å². The first-order chi connectivity index (χ1) is 7.15. The summed E-state index contributed by atoms with van der Waals surface area (Å²) in [6.45, 7) is 6.90. The average molecular weight is 212 g/mol. The highest BCUT2D eigenvalue weighted by molar-refractivity contribution is 5.76. The summed E-state index contributed by atoms with van der Waals surface area (Å²) in [6.07, 6.45) is 4.09. The van der Waals surface area contributed by atoms with Crippen LogP contribution in [0.5, 0.6) is 0 Å². The number of nitrogens with zero attached hydrogens (tertiary/aromatic N) is 1. The van der Waals surface area contributed by atoms with Crippen LogP contribution in [0.1, 0.15) is 39.5 Å². The Balaban J connectivity index is 2.42. The molecule has 1 heterocycles. The molecule has 1 atom stereocenters. The summed E-state index contributed by atoms with van der Waals surface area (Å²) in [4.78, 5) is 13.7. The highest BCUT2D eigenvalue weighted by atomic mass is 16.2. The predicted molar refractivity (Wildman–Crippen MR) is 62.4 cm³/mol. The van der Waals surface area contributed by atoms with Crippen molar-refractivity contribution in [2.24, 2.45) is 17.6 Å². The topological polar surface area (TPSA) is 46.3 Å². The molecule has 1 fully saturated rings. The van der Waals surface area contributed by atoms with E-state index in [1.807, 2.05) is 4.90 Å². The first kappa shape index (κ1) is 12.5. The molecule has 3 nitrogen and oxygen atoms in total. The molecule has 1 saturated heterocycles. The van der Waals surface area contributed by atoms with E-state index in [-0.39, 0.29) is 5.91 Å². The molecule has 0 saturated carbocycles. The van der Waals surface area contributed by atoms with Gasteiger partial charge >= 0.3 is 0 Å². The monoisotopic (exact) mass is 212 g/mol. The van der Waals surface area contributed by atoms with Gasteiger partial charge in [0, 0.05) is 26.1 Å². The molecule has 0 bridgehead atoms. The van der Waals surface area contributed by atoms with Gasteiger partial charge in [0.05, 0.1) is 0 Å². The van der Waals surface area contributed by atoms with E-state index in [0.717, 1.165) is 37.8 Å². The summed E-state index contributed by atoms with van der Waals surface area (Å²) >= 11 is 0. The van der Waals surface area contributed by atoms with Crippen molar-refractivity contribution in [3.05, 3.63) is 0 Å². The number of hydrogen-bond donors (Lipinski definition) is 1. The molecule has 2 N–H and O–H groups in total. The molecule has 88 valence electrons. The molecule has 1 amide bonds. The van der Waals surface area contributed by atoms with Gasteiger partial charge < -0.3 is 10.6 Å². The van der Waals surface area contributed by atoms with Crippen LogP contribution < -0.4 is 5.73 Å². The van der Waals surface area contributed by atoms with Gasteiger partial charge in [-0.3, -0.25) is 4.79 Å². The van der Waals surface area contributed by atoms with Crippen LogP contribution >= 0.6 is 0 Å². The maximum atomic E-state index is 11.7. The maximum Gasteiger partial charge on any atom is 0.223 e. The molecule has 0 aromatic rings. The van der Waals surface area contributed by atoms with Crippen molar-refractivity contribution in [3.63, 3.8) is 0 Å². The van der Waals surface area contributed by atoms with Crippen LogP contribution in [-0.2, 0) is 4.79 Å². The zero-order valence-electron chi connectivity index (χ0n) is 10.0. The van der Waals surface area contributed by atoms with E-state index >= 15 is 0 Å². The van der Waals surface area contributed by atoms with Gasteiger partial charge in [-0.15, -0.1) is 0 Å². The second kappa shape index (κ2) is 6.11. The highest BCUT2D eigenvalue weighted by Gasteiger charge is 2.21. The van der Waals surface area contributed by atoms with Crippen molar-refractivity contribution < 1.29 is 4.79 Å². The lowest BCUT2D eigenvalue weighted by Crippen LogP contribution is -2.33. The fourth-order valence-electron chi connectivity index (χ4n) is 2.32. The van der Waals surface area contributed by atoms with Crippen LogP contribution in [0.4, 0.5) is 0 Å². The zero-order valence-corrected chi connectivity index (χ0v) is 10.0. The van der Waals surface area contributed by atoms with Gasteiger partial charge in [-0.25, -0.2) is 0 Å². The van der Waals surface area contributed by atoms with Crippen LogP contribution in [0.25, 0.3) is 0 Å². The fourth-order valence-corrected chi connectivity index (χ4v) is 2.32. The smallest absolute Gasteiger partial charge is 0.223 e. The zero-order chi connectivity index (χ0) is 11.3. The summed E-state index contributed by atoms with van der Waals surface area (Å²) in [7, 11) is 0. The molecule has 0 spiro atoms. The normalized spacial score (nSPS) is 22.9. The van der Waals surface area contributed by atoms with Crippen molar-refractivity contribution in [2.45, 2.75) is 39.5 Å². The lowest BCUT2D eigenvalue weighted by Gasteiger charge is -2.21. The molecule has 15 heavy (non-hydrogen) atoms. The Hall–Kier alpha value is -0.570. The Kier molecular flexibility index (Phi) is 5.09. The van der Waals surface area contributed by atoms with Gasteiger partial charge in [0.2, 0.25) is 5.91 Å². The molecule has 0 radical (unpaired) electrons. The van der Waals surface area contributed by atoms with E-state index in [1.165, 1.54) is 6.42 Å². The van der Waals surface area contributed by atoms with Crippen LogP contribution in [0, 0.1) is 11.8 Å². The van der Waals surface area contributed by atoms with Crippen molar-refractivity contribution in [3.8, 4) is 0 Å². The SMILES string of the molecule is CC(C)C1CCCN(C(=O)CCN)CC1. The molecule has 1 unspecified atom stereocenters. The van der Waals surface area contributed by atoms with E-state index in [2.05, 4.69) is 13.8 Å². The van der Waals surface area contributed by atoms with Gasteiger partial charge in [-0.2, -0.15) is 0 Å². The second-order valence-electron chi connectivity index (χ2n) is 4.85. The molecule has 0 aromatic heterocycles. The minimum atomic E-state index is 0.238. The lowest BCUT2D eigenvalue weighted by molar-refractivity contribution is -0.130. The number of carbonyl (C=O) groups is 1. The van der Waals surface area contributed by atoms with Crippen LogP contribution in [-0.4, -0.2) is 30.4 Å². The van der Waals surface area contributed by atoms with E-state index in [1.54, 1.807) is 0 Å². The molecule has 1 aliphatic heterocycles. The molecule has 0 aliphatic carbocycles. The van der Waals surface area contributed by atoms with Crippen molar-refractivity contribution in [1.29, 1.82) is 0 Å². The first-order valence-corrected chi connectivity index (χ1v) is 6.13. The number of nitrogens with two attached hydrogens (primary N) is 1. The lowest BCUT2D eigenvalue weighted by atomic mass is 9.89. The first-order valence-electron chi connectivity index (χ1n) is 6.13. The summed E-state index contributed by atoms with van der Waals surface area (Å²) in [6, 6.07) is 0. The quantitative estimate of drug-likeness (QED) is 0.772. The third kappa shape index (κ3) is 3.82. The molecule has 0 aromatic carbocycles. The number of likely N-dealkylation sites (tertiary alicyclic amines) is 1. The summed E-state index contributed by atoms with van der Waals surface area (Å²) in [5.74, 6) is 1.78. The molecular formula is C12H24N2O. The van der Waals surface area contributed by atoms with Crippen molar-refractivity contribution in [2.75, 3.05) is 19.6 Å². The Bertz CT molecular complexity index is 204. The molecular weight excluding hydrogens is 188 g/mol. The summed E-state index contributed by atoms with van der Waals surface area (Å²) < 4.78 is 0. The number of rotatable bonds is 3. The number of hydrogen-bond acceptors (Lipinski definition) is 2. The largest absolute Gasteiger partial charge is 0.343 e. The van der Waals surface area contributed by atoms with E-state index in [0.29, 0.717) is 13.0 Å². The Morgan fingerprint density at radius 1 is 1.40 bits per heavy atom. The van der Waals surface area contributed by atoms with Gasteiger partial charge in [0.15, 0.2) is 0 Å². The van der Waals surface area contributed by atoms with Gasteiger partial charge in [0.1, 0.15) is 0 Å². The van der Waals surface area contributed by atoms with Crippen LogP contribution in [0.2, 0.25) is 0 Å². The van der Waals surface area contributed by atoms with Crippen LogP contribution in [0.3, 0.4) is 0 Å². The van der Waals surface area contributed by atoms with Gasteiger partial charge in [-0.1, -0.05) is 13.8 Å². The summed E-state index contributed by atoms with van der Waals surface area (Å²) in [5.41, 5.74) is 5.40. The number of carbonyl (C=O) groups excluding carboxylic acids is 1. The van der Waals surface area contributed by atoms with Crippen molar-refractivity contribution >= 4 is 5.91 Å². The van der Waals surface area contributed by atoms with Crippen molar-refractivity contribution in [1.82, 2.24) is 4.90 Å². The average Bonchev–Trinajstić information content (AvgIpc) is 2.43. The Labute approximate surface area is 93.0 Å². The molecule has 3 heteroatoms. The van der Waals surface area contributed by atoms with Crippen LogP contribution in [0.15, 0.2) is 0 Å². The third-order valence-corrected chi connectivity index (χ3v) is 3.43. The maximum absolute atomic E-state index is 11.7. The number of amides is 1. The van der Waals surface area contributed by atoms with Gasteiger partial charge in [-0.05, 0) is 31.1 Å². The van der Waals surface area contributed by atoms with E-state index in [4.69, 9.17) is 5.73 Å². The Morgan fingerprint density at radius 2 is 2.13 bits per heavy atom. The third-order valence-electron chi connectivity index (χ3n) is 3.43.